The second-order valence-electron chi connectivity index (χ2n) is 5.96. The van der Waals surface area contributed by atoms with Gasteiger partial charge < -0.3 is 5.32 Å². The SMILES string of the molecule is CC(C)C1(Cc2cc(Br)ccc2F)CCCCCN1. The number of hydrogen-bond acceptors (Lipinski definition) is 1. The molecule has 1 fully saturated rings. The Hall–Kier alpha value is -0.410. The van der Waals surface area contributed by atoms with E-state index in [4.69, 9.17) is 0 Å². The molecular formula is C16H23BrFN. The predicted octanol–water partition coefficient (Wildman–Crippen LogP) is 4.69. The summed E-state index contributed by atoms with van der Waals surface area (Å²) in [7, 11) is 0. The maximum Gasteiger partial charge on any atom is 0.126 e. The van der Waals surface area contributed by atoms with Crippen LogP contribution in [0.15, 0.2) is 22.7 Å². The molecule has 2 rings (SSSR count). The molecule has 1 aromatic rings. The number of hydrogen-bond donors (Lipinski definition) is 1. The fourth-order valence-corrected chi connectivity index (χ4v) is 3.44. The quantitative estimate of drug-likeness (QED) is 0.849. The Morgan fingerprint density at radius 1 is 1.32 bits per heavy atom. The molecule has 1 N–H and O–H groups in total. The summed E-state index contributed by atoms with van der Waals surface area (Å²) in [6, 6.07) is 5.25. The highest BCUT2D eigenvalue weighted by atomic mass is 79.9. The summed E-state index contributed by atoms with van der Waals surface area (Å²) in [5.74, 6) is 0.415. The molecule has 0 aromatic heterocycles. The fourth-order valence-electron chi connectivity index (χ4n) is 3.03. The normalized spacial score (nSPS) is 24.5. The lowest BCUT2D eigenvalue weighted by atomic mass is 9.77. The van der Waals surface area contributed by atoms with E-state index in [1.165, 1.54) is 19.3 Å². The van der Waals surface area contributed by atoms with Gasteiger partial charge in [0, 0.05) is 10.0 Å². The first kappa shape index (κ1) is 15.0. The van der Waals surface area contributed by atoms with E-state index in [2.05, 4.69) is 35.1 Å². The Balaban J connectivity index is 2.27. The van der Waals surface area contributed by atoms with E-state index in [0.717, 1.165) is 29.4 Å². The van der Waals surface area contributed by atoms with Crippen molar-refractivity contribution in [1.29, 1.82) is 0 Å². The van der Waals surface area contributed by atoms with Gasteiger partial charge >= 0.3 is 0 Å². The van der Waals surface area contributed by atoms with E-state index in [-0.39, 0.29) is 11.4 Å². The Kier molecular flexibility index (Phi) is 5.02. The Morgan fingerprint density at radius 2 is 2.11 bits per heavy atom. The smallest absolute Gasteiger partial charge is 0.126 e. The minimum Gasteiger partial charge on any atom is -0.311 e. The van der Waals surface area contributed by atoms with Crippen LogP contribution in [0.5, 0.6) is 0 Å². The molecule has 19 heavy (non-hydrogen) atoms. The van der Waals surface area contributed by atoms with Crippen LogP contribution < -0.4 is 5.32 Å². The Bertz CT molecular complexity index is 423. The van der Waals surface area contributed by atoms with E-state index >= 15 is 0 Å². The van der Waals surface area contributed by atoms with Crippen LogP contribution in [0.4, 0.5) is 4.39 Å². The predicted molar refractivity (Wildman–Crippen MR) is 81.8 cm³/mol. The van der Waals surface area contributed by atoms with Crippen LogP contribution in [0, 0.1) is 11.7 Å². The average Bonchev–Trinajstić information content (AvgIpc) is 2.60. The lowest BCUT2D eigenvalue weighted by molar-refractivity contribution is 0.224. The molecule has 1 saturated heterocycles. The zero-order chi connectivity index (χ0) is 13.9. The van der Waals surface area contributed by atoms with Crippen molar-refractivity contribution < 1.29 is 4.39 Å². The van der Waals surface area contributed by atoms with Gasteiger partial charge in [-0.1, -0.05) is 42.6 Å². The van der Waals surface area contributed by atoms with Crippen molar-refractivity contribution in [2.24, 2.45) is 5.92 Å². The second kappa shape index (κ2) is 6.36. The van der Waals surface area contributed by atoms with Gasteiger partial charge in [0.25, 0.3) is 0 Å². The van der Waals surface area contributed by atoms with E-state index < -0.39 is 0 Å². The summed E-state index contributed by atoms with van der Waals surface area (Å²) in [4.78, 5) is 0. The lowest BCUT2D eigenvalue weighted by Gasteiger charge is -2.38. The third-order valence-electron chi connectivity index (χ3n) is 4.40. The summed E-state index contributed by atoms with van der Waals surface area (Å²) in [5, 5.41) is 3.71. The van der Waals surface area contributed by atoms with Crippen LogP contribution in [0.3, 0.4) is 0 Å². The molecule has 106 valence electrons. The number of benzene rings is 1. The lowest BCUT2D eigenvalue weighted by Crippen LogP contribution is -2.51. The molecule has 3 heteroatoms. The first-order valence-corrected chi connectivity index (χ1v) is 8.02. The van der Waals surface area contributed by atoms with Gasteiger partial charge in [0.1, 0.15) is 5.82 Å². The van der Waals surface area contributed by atoms with Gasteiger partial charge in [-0.05, 0) is 55.5 Å². The van der Waals surface area contributed by atoms with Crippen molar-refractivity contribution in [2.45, 2.75) is 51.5 Å². The van der Waals surface area contributed by atoms with Gasteiger partial charge in [0.2, 0.25) is 0 Å². The fraction of sp³-hybridized carbons (Fsp3) is 0.625. The topological polar surface area (TPSA) is 12.0 Å². The van der Waals surface area contributed by atoms with Crippen LogP contribution in [0.25, 0.3) is 0 Å². The molecule has 0 saturated carbocycles. The summed E-state index contributed by atoms with van der Waals surface area (Å²) >= 11 is 3.44. The van der Waals surface area contributed by atoms with Crippen molar-refractivity contribution in [3.05, 3.63) is 34.1 Å². The molecule has 0 amide bonds. The molecule has 0 radical (unpaired) electrons. The van der Waals surface area contributed by atoms with Crippen molar-refractivity contribution in [2.75, 3.05) is 6.54 Å². The Labute approximate surface area is 124 Å². The van der Waals surface area contributed by atoms with E-state index in [0.29, 0.717) is 5.92 Å². The zero-order valence-corrected chi connectivity index (χ0v) is 13.4. The number of halogens is 2. The van der Waals surface area contributed by atoms with E-state index in [1.54, 1.807) is 12.1 Å². The van der Waals surface area contributed by atoms with Crippen LogP contribution >= 0.6 is 15.9 Å². The summed E-state index contributed by atoms with van der Waals surface area (Å²) in [6.45, 7) is 5.54. The van der Waals surface area contributed by atoms with Crippen molar-refractivity contribution in [3.63, 3.8) is 0 Å². The molecule has 1 atom stereocenters. The van der Waals surface area contributed by atoms with Gasteiger partial charge in [-0.15, -0.1) is 0 Å². The van der Waals surface area contributed by atoms with Crippen LogP contribution in [0.1, 0.15) is 45.1 Å². The second-order valence-corrected chi connectivity index (χ2v) is 6.88. The largest absolute Gasteiger partial charge is 0.311 e. The van der Waals surface area contributed by atoms with Crippen LogP contribution in [0.2, 0.25) is 0 Å². The number of nitrogens with one attached hydrogen (secondary N) is 1. The average molecular weight is 328 g/mol. The minimum atomic E-state index is -0.0886. The monoisotopic (exact) mass is 327 g/mol. The summed E-state index contributed by atoms with van der Waals surface area (Å²) < 4.78 is 15.0. The third kappa shape index (κ3) is 3.57. The van der Waals surface area contributed by atoms with Gasteiger partial charge in [-0.3, -0.25) is 0 Å². The van der Waals surface area contributed by atoms with Crippen LogP contribution in [-0.4, -0.2) is 12.1 Å². The number of rotatable bonds is 3. The van der Waals surface area contributed by atoms with Gasteiger partial charge in [-0.2, -0.15) is 0 Å². The van der Waals surface area contributed by atoms with Crippen molar-refractivity contribution in [3.8, 4) is 0 Å². The molecule has 1 unspecified atom stereocenters. The standard InChI is InChI=1S/C16H23BrFN/c1-12(2)16(8-4-3-5-9-19-16)11-13-10-14(17)6-7-15(13)18/h6-7,10,12,19H,3-5,8-9,11H2,1-2H3. The summed E-state index contributed by atoms with van der Waals surface area (Å²) in [5.41, 5.74) is 0.857. The molecule has 1 aromatic carbocycles. The zero-order valence-electron chi connectivity index (χ0n) is 11.8. The molecule has 1 aliphatic heterocycles. The maximum absolute atomic E-state index is 14.0. The molecule has 1 nitrogen and oxygen atoms in total. The van der Waals surface area contributed by atoms with E-state index in [1.807, 2.05) is 6.07 Å². The molecular weight excluding hydrogens is 305 g/mol. The van der Waals surface area contributed by atoms with E-state index in [9.17, 15) is 4.39 Å². The first-order chi connectivity index (χ1) is 9.03. The minimum absolute atomic E-state index is 0.0398. The van der Waals surface area contributed by atoms with Crippen LogP contribution in [-0.2, 0) is 6.42 Å². The molecule has 0 spiro atoms. The third-order valence-corrected chi connectivity index (χ3v) is 4.89. The highest BCUT2D eigenvalue weighted by Gasteiger charge is 2.34. The van der Waals surface area contributed by atoms with Crippen molar-refractivity contribution >= 4 is 15.9 Å². The molecule has 1 heterocycles. The Morgan fingerprint density at radius 3 is 2.84 bits per heavy atom. The highest BCUT2D eigenvalue weighted by molar-refractivity contribution is 9.10. The molecule has 1 aliphatic rings. The van der Waals surface area contributed by atoms with Gasteiger partial charge in [0.15, 0.2) is 0 Å². The maximum atomic E-state index is 14.0. The van der Waals surface area contributed by atoms with Crippen molar-refractivity contribution in [1.82, 2.24) is 5.32 Å². The van der Waals surface area contributed by atoms with Gasteiger partial charge in [0.05, 0.1) is 0 Å². The summed E-state index contributed by atoms with van der Waals surface area (Å²) in [6.07, 6.45) is 5.66. The highest BCUT2D eigenvalue weighted by Crippen LogP contribution is 2.32. The molecule has 0 bridgehead atoms. The van der Waals surface area contributed by atoms with Gasteiger partial charge in [-0.25, -0.2) is 4.39 Å². The first-order valence-electron chi connectivity index (χ1n) is 7.22. The molecule has 0 aliphatic carbocycles.